The molecule has 2 rings (SSSR count). The molecule has 1 aliphatic carbocycles. The van der Waals surface area contributed by atoms with Crippen LogP contribution in [0.15, 0.2) is 18.2 Å². The van der Waals surface area contributed by atoms with Gasteiger partial charge < -0.3 is 5.11 Å². The summed E-state index contributed by atoms with van der Waals surface area (Å²) in [7, 11) is 0. The van der Waals surface area contributed by atoms with Crippen LogP contribution in [0.5, 0.6) is 0 Å². The molecule has 0 aliphatic heterocycles. The molecule has 2 atom stereocenters. The average molecular weight is 244 g/mol. The summed E-state index contributed by atoms with van der Waals surface area (Å²) in [6, 6.07) is 4.31. The minimum Gasteiger partial charge on any atom is -0.388 e. The molecule has 0 saturated heterocycles. The first-order chi connectivity index (χ1) is 8.56. The molecule has 1 aromatic rings. The number of rotatable bonds is 3. The normalized spacial score (nSPS) is 22.6. The molecule has 0 amide bonds. The Morgan fingerprint density at radius 2 is 1.83 bits per heavy atom. The van der Waals surface area contributed by atoms with Gasteiger partial charge in [-0.15, -0.1) is 0 Å². The summed E-state index contributed by atoms with van der Waals surface area (Å²) in [5, 5.41) is 10.4. The third kappa shape index (κ3) is 2.24. The van der Waals surface area contributed by atoms with E-state index in [4.69, 9.17) is 0 Å². The van der Waals surface area contributed by atoms with Crippen molar-refractivity contribution >= 4 is 5.57 Å². The monoisotopic (exact) mass is 244 g/mol. The molecule has 0 fully saturated rings. The van der Waals surface area contributed by atoms with Gasteiger partial charge in [-0.3, -0.25) is 0 Å². The van der Waals surface area contributed by atoms with Gasteiger partial charge >= 0.3 is 0 Å². The summed E-state index contributed by atoms with van der Waals surface area (Å²) in [5.74, 6) is 0.227. The number of unbranched alkanes of at least 4 members (excludes halogenated alkanes) is 1. The number of fused-ring (bicyclic) bond motifs is 1. The summed E-state index contributed by atoms with van der Waals surface area (Å²) in [6.45, 7) is 8.60. The van der Waals surface area contributed by atoms with Crippen LogP contribution in [-0.2, 0) is 0 Å². The number of aliphatic hydroxyl groups excluding tert-OH is 1. The van der Waals surface area contributed by atoms with Gasteiger partial charge in [0.15, 0.2) is 0 Å². The predicted octanol–water partition coefficient (Wildman–Crippen LogP) is 4.56. The van der Waals surface area contributed by atoms with Crippen LogP contribution in [0.3, 0.4) is 0 Å². The maximum Gasteiger partial charge on any atom is 0.0858 e. The third-order valence-corrected chi connectivity index (χ3v) is 4.05. The van der Waals surface area contributed by atoms with E-state index in [1.54, 1.807) is 0 Å². The predicted molar refractivity (Wildman–Crippen MR) is 77.5 cm³/mol. The lowest BCUT2D eigenvalue weighted by molar-refractivity contribution is 0.136. The van der Waals surface area contributed by atoms with Gasteiger partial charge in [-0.05, 0) is 54.5 Å². The second-order valence-corrected chi connectivity index (χ2v) is 5.59. The van der Waals surface area contributed by atoms with Crippen LogP contribution in [0.2, 0.25) is 0 Å². The quantitative estimate of drug-likeness (QED) is 0.826. The molecule has 0 heterocycles. The maximum atomic E-state index is 10.4. The Bertz CT molecular complexity index is 471. The number of allylic oxidation sites excluding steroid dienone is 1. The molecule has 0 unspecified atom stereocenters. The summed E-state index contributed by atoms with van der Waals surface area (Å²) in [4.78, 5) is 0. The highest BCUT2D eigenvalue weighted by Crippen LogP contribution is 2.41. The van der Waals surface area contributed by atoms with Gasteiger partial charge in [0.2, 0.25) is 0 Å². The van der Waals surface area contributed by atoms with Gasteiger partial charge in [0.1, 0.15) is 0 Å². The lowest BCUT2D eigenvalue weighted by atomic mass is 9.78. The van der Waals surface area contributed by atoms with Crippen molar-refractivity contribution in [3.63, 3.8) is 0 Å². The zero-order valence-electron chi connectivity index (χ0n) is 12.0. The average Bonchev–Trinajstić information content (AvgIpc) is 2.35. The molecule has 0 saturated carbocycles. The van der Waals surface area contributed by atoms with E-state index in [2.05, 4.69) is 45.9 Å². The minimum atomic E-state index is -0.342. The first-order valence-corrected chi connectivity index (χ1v) is 7.05. The number of hydrogen-bond donors (Lipinski definition) is 1. The molecule has 0 aromatic heterocycles. The van der Waals surface area contributed by atoms with Crippen molar-refractivity contribution in [2.75, 3.05) is 0 Å². The highest BCUT2D eigenvalue weighted by Gasteiger charge is 2.27. The van der Waals surface area contributed by atoms with Crippen molar-refractivity contribution in [3.05, 3.63) is 40.5 Å². The smallest absolute Gasteiger partial charge is 0.0858 e. The van der Waals surface area contributed by atoms with Crippen LogP contribution in [0.4, 0.5) is 0 Å². The molecule has 98 valence electrons. The van der Waals surface area contributed by atoms with E-state index in [-0.39, 0.29) is 12.0 Å². The van der Waals surface area contributed by atoms with Crippen LogP contribution in [0.25, 0.3) is 5.57 Å². The summed E-state index contributed by atoms with van der Waals surface area (Å²) in [5.41, 5.74) is 6.43. The van der Waals surface area contributed by atoms with Crippen LogP contribution >= 0.6 is 0 Å². The zero-order valence-corrected chi connectivity index (χ0v) is 12.0. The van der Waals surface area contributed by atoms with Crippen molar-refractivity contribution < 1.29 is 5.11 Å². The standard InChI is InChI=1S/C17H24O/c1-5-6-7-14-10-13(4)17(18)16-12(3)9-8-11(2)15(14)16/h8-10,13,17-18H,5-7H2,1-4H3/t13-,17-/m0/s1. The Balaban J connectivity index is 2.53. The van der Waals surface area contributed by atoms with E-state index in [1.807, 2.05) is 0 Å². The van der Waals surface area contributed by atoms with Gasteiger partial charge in [-0.1, -0.05) is 38.5 Å². The Hall–Kier alpha value is -1.08. The topological polar surface area (TPSA) is 20.2 Å². The summed E-state index contributed by atoms with van der Waals surface area (Å²) >= 11 is 0. The van der Waals surface area contributed by atoms with Crippen molar-refractivity contribution in [1.29, 1.82) is 0 Å². The highest BCUT2D eigenvalue weighted by atomic mass is 16.3. The molecule has 1 nitrogen and oxygen atoms in total. The first-order valence-electron chi connectivity index (χ1n) is 7.05. The molecule has 1 aliphatic rings. The number of aryl methyl sites for hydroxylation is 2. The molecule has 0 bridgehead atoms. The lowest BCUT2D eigenvalue weighted by Crippen LogP contribution is -2.17. The summed E-state index contributed by atoms with van der Waals surface area (Å²) < 4.78 is 0. The molecule has 1 aromatic carbocycles. The zero-order chi connectivity index (χ0) is 13.3. The second-order valence-electron chi connectivity index (χ2n) is 5.59. The second kappa shape index (κ2) is 5.27. The molecule has 1 N–H and O–H groups in total. The van der Waals surface area contributed by atoms with E-state index >= 15 is 0 Å². The Kier molecular flexibility index (Phi) is 3.91. The molecule has 1 heteroatoms. The number of aliphatic hydroxyl groups is 1. The third-order valence-electron chi connectivity index (χ3n) is 4.05. The van der Waals surface area contributed by atoms with Gasteiger partial charge in [-0.2, -0.15) is 0 Å². The highest BCUT2D eigenvalue weighted by molar-refractivity contribution is 5.74. The lowest BCUT2D eigenvalue weighted by Gasteiger charge is -2.30. The fourth-order valence-electron chi connectivity index (χ4n) is 2.97. The van der Waals surface area contributed by atoms with E-state index in [1.165, 1.54) is 35.1 Å². The molecule has 0 radical (unpaired) electrons. The Morgan fingerprint density at radius 3 is 2.50 bits per heavy atom. The van der Waals surface area contributed by atoms with E-state index in [9.17, 15) is 5.11 Å². The van der Waals surface area contributed by atoms with Gasteiger partial charge in [0, 0.05) is 5.92 Å². The van der Waals surface area contributed by atoms with Crippen molar-refractivity contribution in [2.45, 2.75) is 53.1 Å². The fourth-order valence-corrected chi connectivity index (χ4v) is 2.97. The van der Waals surface area contributed by atoms with Crippen LogP contribution in [0, 0.1) is 19.8 Å². The van der Waals surface area contributed by atoms with Gasteiger partial charge in [-0.25, -0.2) is 0 Å². The van der Waals surface area contributed by atoms with Gasteiger partial charge in [0.25, 0.3) is 0 Å². The fraction of sp³-hybridized carbons (Fsp3) is 0.529. The van der Waals surface area contributed by atoms with Crippen molar-refractivity contribution in [1.82, 2.24) is 0 Å². The Morgan fingerprint density at radius 1 is 1.17 bits per heavy atom. The molecule has 0 spiro atoms. The number of benzene rings is 1. The van der Waals surface area contributed by atoms with Crippen molar-refractivity contribution in [2.24, 2.45) is 5.92 Å². The molecular weight excluding hydrogens is 220 g/mol. The largest absolute Gasteiger partial charge is 0.388 e. The number of hydrogen-bond acceptors (Lipinski definition) is 1. The van der Waals surface area contributed by atoms with E-state index in [0.29, 0.717) is 0 Å². The first kappa shape index (κ1) is 13.4. The molecule has 18 heavy (non-hydrogen) atoms. The SMILES string of the molecule is CCCCC1=C[C@H](C)[C@H](O)c2c(C)ccc(C)c21. The molecular formula is C17H24O. The summed E-state index contributed by atoms with van der Waals surface area (Å²) in [6.07, 6.45) is 5.50. The van der Waals surface area contributed by atoms with E-state index in [0.717, 1.165) is 12.0 Å². The van der Waals surface area contributed by atoms with Crippen LogP contribution < -0.4 is 0 Å². The Labute approximate surface area is 111 Å². The van der Waals surface area contributed by atoms with Crippen LogP contribution in [-0.4, -0.2) is 5.11 Å². The van der Waals surface area contributed by atoms with Crippen molar-refractivity contribution in [3.8, 4) is 0 Å². The maximum absolute atomic E-state index is 10.4. The minimum absolute atomic E-state index is 0.227. The van der Waals surface area contributed by atoms with Gasteiger partial charge in [0.05, 0.1) is 6.10 Å². The van der Waals surface area contributed by atoms with E-state index < -0.39 is 0 Å². The van der Waals surface area contributed by atoms with Crippen LogP contribution in [0.1, 0.15) is 61.5 Å².